The van der Waals surface area contributed by atoms with Gasteiger partial charge in [0, 0.05) is 39.3 Å². The Hall–Kier alpha value is -3.38. The quantitative estimate of drug-likeness (QED) is 0.0333. The molecule has 0 aromatic heterocycles. The molecule has 4 unspecified atom stereocenters. The van der Waals surface area contributed by atoms with Crippen LogP contribution in [-0.2, 0) is 38.0 Å². The second-order valence-electron chi connectivity index (χ2n) is 28.7. The van der Waals surface area contributed by atoms with Gasteiger partial charge < -0.3 is 38.2 Å². The van der Waals surface area contributed by atoms with Crippen LogP contribution >= 0.6 is 0 Å². The topological polar surface area (TPSA) is 96.0 Å². The van der Waals surface area contributed by atoms with Crippen molar-refractivity contribution >= 4 is 11.9 Å². The summed E-state index contributed by atoms with van der Waals surface area (Å²) >= 11 is 0. The molecule has 0 bridgehead atoms. The van der Waals surface area contributed by atoms with Gasteiger partial charge in [-0.05, 0) is 202 Å². The molecule has 0 heterocycles. The fourth-order valence-electron chi connectivity index (χ4n) is 11.9. The first kappa shape index (κ1) is 95.6. The van der Waals surface area contributed by atoms with Crippen molar-refractivity contribution in [2.45, 2.75) is 380 Å². The van der Waals surface area contributed by atoms with E-state index < -0.39 is 24.4 Å². The van der Waals surface area contributed by atoms with Crippen LogP contribution in [-0.4, -0.2) is 127 Å². The highest BCUT2D eigenvalue weighted by atomic mass is 16.6. The molecule has 0 saturated carbocycles. The van der Waals surface area contributed by atoms with Crippen LogP contribution in [0.5, 0.6) is 0 Å². The molecule has 0 aliphatic rings. The Morgan fingerprint density at radius 2 is 0.505 bits per heavy atom. The second kappa shape index (κ2) is 80.3. The SMILES string of the molecule is CCCC/C=C\C/C=C\CCCCCCCCOCC(OCCCCCCCC/C=C\C/C=C\CCCCC)C(OC(=O)CCCN(C)C)C(OC(=O)CCCN(C)C)C(COCCCCCCCC/C=C\C/C=C\CCCCC)OCCCCCCCC/C=C\C/C=C\CCCCC. The average molecular weight is 1390 g/mol. The molecule has 0 aliphatic heterocycles. The van der Waals surface area contributed by atoms with Crippen molar-refractivity contribution in [3.63, 3.8) is 0 Å². The number of unbranched alkanes of at least 4 members (excludes halogenated alkanes) is 35. The lowest BCUT2D eigenvalue weighted by Gasteiger charge is -2.37. The number of carbonyl (C=O) groups is 2. The van der Waals surface area contributed by atoms with Gasteiger partial charge in [-0.3, -0.25) is 9.59 Å². The molecule has 0 spiro atoms. The summed E-state index contributed by atoms with van der Waals surface area (Å²) in [5, 5.41) is 0. The molecule has 10 nitrogen and oxygen atoms in total. The van der Waals surface area contributed by atoms with Crippen molar-refractivity contribution in [3.05, 3.63) is 97.2 Å². The lowest BCUT2D eigenvalue weighted by molar-refractivity contribution is -0.206. The van der Waals surface area contributed by atoms with Gasteiger partial charge in [-0.1, -0.05) is 279 Å². The van der Waals surface area contributed by atoms with Crippen LogP contribution in [0.2, 0.25) is 0 Å². The minimum Gasteiger partial charge on any atom is -0.455 e. The van der Waals surface area contributed by atoms with Crippen LogP contribution in [0.4, 0.5) is 0 Å². The molecule has 0 aromatic carbocycles. The third-order valence-corrected chi connectivity index (χ3v) is 18.2. The third-order valence-electron chi connectivity index (χ3n) is 18.2. The van der Waals surface area contributed by atoms with Gasteiger partial charge in [0.15, 0.2) is 12.2 Å². The highest BCUT2D eigenvalue weighted by Crippen LogP contribution is 2.24. The molecule has 0 fully saturated rings. The summed E-state index contributed by atoms with van der Waals surface area (Å²) in [6.07, 6.45) is 90.3. The highest BCUT2D eigenvalue weighted by Gasteiger charge is 2.42. The number of rotatable bonds is 78. The first-order valence-electron chi connectivity index (χ1n) is 42.0. The van der Waals surface area contributed by atoms with Gasteiger partial charge in [0.1, 0.15) is 12.2 Å². The first-order valence-corrected chi connectivity index (χ1v) is 42.0. The maximum Gasteiger partial charge on any atom is 0.306 e. The van der Waals surface area contributed by atoms with Crippen molar-refractivity contribution in [2.24, 2.45) is 0 Å². The number of nitrogens with zero attached hydrogens (tertiary/aromatic N) is 2. The molecule has 0 aliphatic carbocycles. The highest BCUT2D eigenvalue weighted by molar-refractivity contribution is 5.71. The van der Waals surface area contributed by atoms with Gasteiger partial charge in [-0.2, -0.15) is 0 Å². The Morgan fingerprint density at radius 1 is 0.273 bits per heavy atom. The predicted molar refractivity (Wildman–Crippen MR) is 429 cm³/mol. The fraction of sp³-hybridized carbons (Fsp3) is 0.798. The molecule has 0 amide bonds. The van der Waals surface area contributed by atoms with Gasteiger partial charge in [0.2, 0.25) is 0 Å². The van der Waals surface area contributed by atoms with Crippen LogP contribution in [0.1, 0.15) is 355 Å². The van der Waals surface area contributed by atoms with Gasteiger partial charge in [-0.25, -0.2) is 0 Å². The van der Waals surface area contributed by atoms with E-state index in [2.05, 4.69) is 135 Å². The molecular weight excluding hydrogens is 1220 g/mol. The Balaban J connectivity index is 6.63. The van der Waals surface area contributed by atoms with Gasteiger partial charge >= 0.3 is 11.9 Å². The smallest absolute Gasteiger partial charge is 0.306 e. The maximum atomic E-state index is 14.3. The van der Waals surface area contributed by atoms with E-state index in [1.807, 2.05) is 28.2 Å². The van der Waals surface area contributed by atoms with E-state index in [-0.39, 0.29) is 38.0 Å². The summed E-state index contributed by atoms with van der Waals surface area (Å²) in [6.45, 7) is 13.0. The van der Waals surface area contributed by atoms with E-state index >= 15 is 0 Å². The summed E-state index contributed by atoms with van der Waals surface area (Å²) in [5.74, 6) is -0.669. The van der Waals surface area contributed by atoms with E-state index in [0.717, 1.165) is 129 Å². The largest absolute Gasteiger partial charge is 0.455 e. The number of carbonyl (C=O) groups excluding carboxylic acids is 2. The number of hydrogen-bond donors (Lipinski definition) is 0. The maximum absolute atomic E-state index is 14.3. The molecule has 0 rings (SSSR count). The lowest BCUT2D eigenvalue weighted by Crippen LogP contribution is -2.54. The van der Waals surface area contributed by atoms with Crippen molar-refractivity contribution in [1.82, 2.24) is 9.80 Å². The molecule has 0 aromatic rings. The normalized spacial score (nSPS) is 13.8. The molecule has 0 N–H and O–H groups in total. The minimum absolute atomic E-state index is 0.207. The molecule has 10 heteroatoms. The van der Waals surface area contributed by atoms with Crippen LogP contribution in [0.15, 0.2) is 97.2 Å². The summed E-state index contributed by atoms with van der Waals surface area (Å²) in [7, 11) is 8.10. The molecule has 576 valence electrons. The fourth-order valence-corrected chi connectivity index (χ4v) is 11.9. The van der Waals surface area contributed by atoms with E-state index in [4.69, 9.17) is 28.4 Å². The first-order chi connectivity index (χ1) is 48.7. The number of ether oxygens (including phenoxy) is 6. The van der Waals surface area contributed by atoms with Crippen molar-refractivity contribution in [2.75, 3.05) is 80.9 Å². The van der Waals surface area contributed by atoms with Crippen LogP contribution in [0.25, 0.3) is 0 Å². The van der Waals surface area contributed by atoms with Gasteiger partial charge in [-0.15, -0.1) is 0 Å². The zero-order valence-corrected chi connectivity index (χ0v) is 66.4. The van der Waals surface area contributed by atoms with Crippen molar-refractivity contribution in [1.29, 1.82) is 0 Å². The average Bonchev–Trinajstić information content (AvgIpc) is 0.838. The summed E-state index contributed by atoms with van der Waals surface area (Å²) in [4.78, 5) is 32.9. The standard InChI is InChI=1S/C89H162N2O8/c1-9-13-17-21-25-29-33-37-41-45-49-53-57-61-65-69-79-95-83-85(97-81-71-67-63-59-55-51-47-43-39-35-31-27-23-19-15-11-3)89(99-87(93)75-73-77-91(7)8)88(98-86(92)74-72-76-90(5)6)84(82-94-78-68-64-60-56-52-48-44-40-36-32-28-24-20-16-12-4)96-80-70-66-62-58-54-50-46-42-38-34-30-26-22-18-14-10-2/h24-31,36-43,84-85,88-89H,9-23,32-35,44-83H2,1-8H3/b28-24-,29-25-,30-26-,31-27-,40-36-,41-37-,42-38-,43-39-. The van der Waals surface area contributed by atoms with E-state index in [1.165, 1.54) is 186 Å². The van der Waals surface area contributed by atoms with Crippen LogP contribution < -0.4 is 0 Å². The lowest BCUT2D eigenvalue weighted by atomic mass is 10.0. The van der Waals surface area contributed by atoms with Crippen LogP contribution in [0.3, 0.4) is 0 Å². The number of esters is 2. The van der Waals surface area contributed by atoms with Crippen LogP contribution in [0, 0.1) is 0 Å². The summed E-state index contributed by atoms with van der Waals surface area (Å²) in [5.41, 5.74) is 0. The summed E-state index contributed by atoms with van der Waals surface area (Å²) in [6, 6.07) is 0. The predicted octanol–water partition coefficient (Wildman–Crippen LogP) is 25.2. The Bertz CT molecular complexity index is 1920. The molecular formula is C89H162N2O8. The van der Waals surface area contributed by atoms with Gasteiger partial charge in [0.25, 0.3) is 0 Å². The zero-order valence-electron chi connectivity index (χ0n) is 66.4. The zero-order chi connectivity index (χ0) is 71.9. The molecule has 0 saturated heterocycles. The van der Waals surface area contributed by atoms with E-state index in [1.54, 1.807) is 0 Å². The minimum atomic E-state index is -0.975. The molecule has 99 heavy (non-hydrogen) atoms. The number of hydrogen-bond acceptors (Lipinski definition) is 10. The summed E-state index contributed by atoms with van der Waals surface area (Å²) < 4.78 is 40.6. The third kappa shape index (κ3) is 72.8. The second-order valence-corrected chi connectivity index (χ2v) is 28.7. The van der Waals surface area contributed by atoms with E-state index in [0.29, 0.717) is 39.3 Å². The Morgan fingerprint density at radius 3 is 0.768 bits per heavy atom. The Labute approximate surface area is 614 Å². The number of allylic oxidation sites excluding steroid dienone is 16. The Kier molecular flexibility index (Phi) is 77.6. The van der Waals surface area contributed by atoms with E-state index in [9.17, 15) is 9.59 Å². The van der Waals surface area contributed by atoms with Gasteiger partial charge in [0.05, 0.1) is 13.2 Å². The monoisotopic (exact) mass is 1390 g/mol. The molecule has 4 atom stereocenters. The molecule has 0 radical (unpaired) electrons. The van der Waals surface area contributed by atoms with Crippen molar-refractivity contribution < 1.29 is 38.0 Å². The van der Waals surface area contributed by atoms with Crippen molar-refractivity contribution in [3.8, 4) is 0 Å².